The molecule has 2 heterocycles. The molecule has 0 radical (unpaired) electrons. The summed E-state index contributed by atoms with van der Waals surface area (Å²) in [6.45, 7) is 0.558. The molecule has 0 aliphatic carbocycles. The first-order chi connectivity index (χ1) is 7.93. The summed E-state index contributed by atoms with van der Waals surface area (Å²) in [6, 6.07) is 0.948. The summed E-state index contributed by atoms with van der Waals surface area (Å²) in [4.78, 5) is 15.3. The molecule has 1 aliphatic rings. The van der Waals surface area contributed by atoms with Crippen LogP contribution in [0, 0.1) is 0 Å². The number of halogens is 1. The van der Waals surface area contributed by atoms with E-state index in [9.17, 15) is 13.2 Å². The van der Waals surface area contributed by atoms with Crippen molar-refractivity contribution in [2.45, 2.75) is 11.3 Å². The molecule has 1 N–H and O–H groups in total. The van der Waals surface area contributed by atoms with Crippen molar-refractivity contribution >= 4 is 31.9 Å². The standard InChI is InChI=1S/C8H8BrNO6S/c9-7-6(4-5(16-7)8(11)12)17(13,14)10-2-1-3-15-10/h4H,1-3H2,(H,11,12). The molecule has 0 unspecified atom stereocenters. The molecular formula is C8H8BrNO6S. The third kappa shape index (κ3) is 2.23. The number of nitrogens with zero attached hydrogens (tertiary/aromatic N) is 1. The molecule has 0 spiro atoms. The molecule has 0 bridgehead atoms. The van der Waals surface area contributed by atoms with Gasteiger partial charge in [0.05, 0.1) is 6.61 Å². The van der Waals surface area contributed by atoms with Crippen molar-refractivity contribution in [3.63, 3.8) is 0 Å². The van der Waals surface area contributed by atoms with Crippen LogP contribution in [-0.4, -0.2) is 37.1 Å². The van der Waals surface area contributed by atoms with Crippen molar-refractivity contribution in [3.8, 4) is 0 Å². The summed E-state index contributed by atoms with van der Waals surface area (Å²) >= 11 is 2.88. The van der Waals surface area contributed by atoms with Gasteiger partial charge in [0.1, 0.15) is 4.90 Å². The van der Waals surface area contributed by atoms with E-state index in [0.29, 0.717) is 13.0 Å². The summed E-state index contributed by atoms with van der Waals surface area (Å²) in [6.07, 6.45) is 0.598. The smallest absolute Gasteiger partial charge is 0.371 e. The Kier molecular flexibility index (Phi) is 3.25. The number of carboxylic acid groups (broad SMARTS) is 1. The highest BCUT2D eigenvalue weighted by molar-refractivity contribution is 9.10. The molecule has 1 aliphatic heterocycles. The van der Waals surface area contributed by atoms with E-state index < -0.39 is 21.8 Å². The lowest BCUT2D eigenvalue weighted by Crippen LogP contribution is -2.26. The van der Waals surface area contributed by atoms with E-state index in [2.05, 4.69) is 15.9 Å². The number of furan rings is 1. The molecular weight excluding hydrogens is 318 g/mol. The van der Waals surface area contributed by atoms with Gasteiger partial charge in [0.25, 0.3) is 10.0 Å². The van der Waals surface area contributed by atoms with Crippen LogP contribution in [0.25, 0.3) is 0 Å². The van der Waals surface area contributed by atoms with Crippen molar-refractivity contribution in [3.05, 3.63) is 16.5 Å². The average molecular weight is 326 g/mol. The molecule has 94 valence electrons. The molecule has 2 rings (SSSR count). The highest BCUT2D eigenvalue weighted by Crippen LogP contribution is 2.30. The summed E-state index contributed by atoms with van der Waals surface area (Å²) in [5.41, 5.74) is 0. The Hall–Kier alpha value is -0.900. The van der Waals surface area contributed by atoms with Gasteiger partial charge in [0.2, 0.25) is 5.76 Å². The maximum absolute atomic E-state index is 12.0. The Morgan fingerprint density at radius 1 is 1.53 bits per heavy atom. The first-order valence-corrected chi connectivity index (χ1v) is 6.84. The van der Waals surface area contributed by atoms with Gasteiger partial charge in [-0.25, -0.2) is 13.2 Å². The molecule has 0 atom stereocenters. The van der Waals surface area contributed by atoms with Gasteiger partial charge in [-0.05, 0) is 22.4 Å². The quantitative estimate of drug-likeness (QED) is 0.892. The molecule has 0 aromatic carbocycles. The summed E-state index contributed by atoms with van der Waals surface area (Å²) < 4.78 is 29.5. The van der Waals surface area contributed by atoms with Gasteiger partial charge in [0.15, 0.2) is 4.67 Å². The van der Waals surface area contributed by atoms with Crippen LogP contribution in [0.3, 0.4) is 0 Å². The number of rotatable bonds is 3. The number of hydrogen-bond donors (Lipinski definition) is 1. The molecule has 0 saturated carbocycles. The predicted molar refractivity (Wildman–Crippen MR) is 57.8 cm³/mol. The number of sulfonamides is 1. The Morgan fingerprint density at radius 3 is 2.71 bits per heavy atom. The Morgan fingerprint density at radius 2 is 2.24 bits per heavy atom. The number of hydroxylamine groups is 1. The Labute approximate surface area is 105 Å². The summed E-state index contributed by atoms with van der Waals surface area (Å²) in [5.74, 6) is -1.79. The van der Waals surface area contributed by atoms with E-state index in [1.807, 2.05) is 0 Å². The molecule has 9 heteroatoms. The molecule has 1 aromatic heterocycles. The van der Waals surface area contributed by atoms with Crippen LogP contribution in [0.4, 0.5) is 0 Å². The van der Waals surface area contributed by atoms with Crippen LogP contribution in [0.5, 0.6) is 0 Å². The maximum atomic E-state index is 12.0. The third-order valence-corrected chi connectivity index (χ3v) is 4.67. The minimum atomic E-state index is -3.87. The van der Waals surface area contributed by atoms with Crippen molar-refractivity contribution in [1.29, 1.82) is 0 Å². The van der Waals surface area contributed by atoms with Crippen LogP contribution in [-0.2, 0) is 14.9 Å². The molecule has 1 saturated heterocycles. The van der Waals surface area contributed by atoms with E-state index in [1.54, 1.807) is 0 Å². The van der Waals surface area contributed by atoms with E-state index in [-0.39, 0.29) is 16.1 Å². The maximum Gasteiger partial charge on any atom is 0.371 e. The van der Waals surface area contributed by atoms with Crippen LogP contribution >= 0.6 is 15.9 Å². The predicted octanol–water partition coefficient (Wildman–Crippen LogP) is 1.07. The number of carbonyl (C=O) groups is 1. The number of hydrogen-bond acceptors (Lipinski definition) is 5. The van der Waals surface area contributed by atoms with Gasteiger partial charge in [-0.1, -0.05) is 4.47 Å². The first-order valence-electron chi connectivity index (χ1n) is 4.61. The minimum Gasteiger partial charge on any atom is -0.475 e. The van der Waals surface area contributed by atoms with Gasteiger partial charge >= 0.3 is 5.97 Å². The van der Waals surface area contributed by atoms with Crippen molar-refractivity contribution in [2.75, 3.05) is 13.2 Å². The van der Waals surface area contributed by atoms with E-state index in [0.717, 1.165) is 10.5 Å². The average Bonchev–Trinajstić information content (AvgIpc) is 2.85. The highest BCUT2D eigenvalue weighted by atomic mass is 79.9. The van der Waals surface area contributed by atoms with Gasteiger partial charge in [-0.15, -0.1) is 0 Å². The van der Waals surface area contributed by atoms with E-state index >= 15 is 0 Å². The zero-order valence-corrected chi connectivity index (χ0v) is 10.8. The molecule has 0 amide bonds. The Balaban J connectivity index is 2.42. The fourth-order valence-electron chi connectivity index (χ4n) is 1.36. The van der Waals surface area contributed by atoms with Crippen molar-refractivity contribution in [2.24, 2.45) is 0 Å². The molecule has 1 fully saturated rings. The lowest BCUT2D eigenvalue weighted by molar-refractivity contribution is -0.0285. The van der Waals surface area contributed by atoms with Crippen LogP contribution in [0.2, 0.25) is 0 Å². The monoisotopic (exact) mass is 325 g/mol. The highest BCUT2D eigenvalue weighted by Gasteiger charge is 2.33. The fourth-order valence-corrected chi connectivity index (χ4v) is 3.56. The van der Waals surface area contributed by atoms with E-state index in [4.69, 9.17) is 14.4 Å². The van der Waals surface area contributed by atoms with Gasteiger partial charge in [0, 0.05) is 12.6 Å². The zero-order chi connectivity index (χ0) is 12.6. The normalized spacial score (nSPS) is 17.5. The van der Waals surface area contributed by atoms with Gasteiger partial charge < -0.3 is 9.52 Å². The van der Waals surface area contributed by atoms with Crippen LogP contribution < -0.4 is 0 Å². The van der Waals surface area contributed by atoms with E-state index in [1.165, 1.54) is 0 Å². The van der Waals surface area contributed by atoms with Gasteiger partial charge in [-0.3, -0.25) is 4.84 Å². The lowest BCUT2D eigenvalue weighted by atomic mass is 10.5. The topological polar surface area (TPSA) is 97.0 Å². The SMILES string of the molecule is O=C(O)c1cc(S(=O)(=O)N2CCCO2)c(Br)o1. The second kappa shape index (κ2) is 4.41. The second-order valence-electron chi connectivity index (χ2n) is 3.27. The fraction of sp³-hybridized carbons (Fsp3) is 0.375. The number of carboxylic acids is 1. The minimum absolute atomic E-state index is 0.148. The van der Waals surface area contributed by atoms with Crippen LogP contribution in [0.15, 0.2) is 20.0 Å². The largest absolute Gasteiger partial charge is 0.475 e. The summed E-state index contributed by atoms with van der Waals surface area (Å²) in [5, 5.41) is 8.70. The third-order valence-electron chi connectivity index (χ3n) is 2.13. The second-order valence-corrected chi connectivity index (χ2v) is 5.79. The van der Waals surface area contributed by atoms with Crippen molar-refractivity contribution in [1.82, 2.24) is 4.47 Å². The zero-order valence-electron chi connectivity index (χ0n) is 8.42. The van der Waals surface area contributed by atoms with Crippen molar-refractivity contribution < 1.29 is 27.6 Å². The molecule has 7 nitrogen and oxygen atoms in total. The molecule has 17 heavy (non-hydrogen) atoms. The molecule has 1 aromatic rings. The first kappa shape index (κ1) is 12.6. The lowest BCUT2D eigenvalue weighted by Gasteiger charge is -2.12. The van der Waals surface area contributed by atoms with Crippen LogP contribution in [0.1, 0.15) is 17.0 Å². The Bertz CT molecular complexity index is 544. The number of aromatic carboxylic acids is 1. The summed E-state index contributed by atoms with van der Waals surface area (Å²) in [7, 11) is -3.87. The van der Waals surface area contributed by atoms with Gasteiger partial charge in [-0.2, -0.15) is 0 Å².